The summed E-state index contributed by atoms with van der Waals surface area (Å²) in [5.41, 5.74) is 2.30. The number of nitrogens with zero attached hydrogens (tertiary/aromatic N) is 2. The Kier molecular flexibility index (Phi) is 5.69. The normalized spacial score (nSPS) is 15.9. The Hall–Kier alpha value is -1.45. The second kappa shape index (κ2) is 7.66. The van der Waals surface area contributed by atoms with Gasteiger partial charge in [0.1, 0.15) is 0 Å². The standard InChI is InChI=1S/C19H21IN2O3S/c1-14-6-7-15(2)18(12-14)26(24,25)22-10-8-21(9-11-22)19(23)16-4-3-5-17(20)13-16/h3-7,12-13H,8-11H2,1-2H3. The summed E-state index contributed by atoms with van der Waals surface area (Å²) in [6.45, 7) is 5.11. The molecule has 0 bridgehead atoms. The van der Waals surface area contributed by atoms with Gasteiger partial charge >= 0.3 is 0 Å². The smallest absolute Gasteiger partial charge is 0.253 e. The molecule has 26 heavy (non-hydrogen) atoms. The maximum atomic E-state index is 13.0. The minimum absolute atomic E-state index is 0.0488. The van der Waals surface area contributed by atoms with Crippen molar-refractivity contribution in [2.75, 3.05) is 26.2 Å². The number of amides is 1. The van der Waals surface area contributed by atoms with Crippen LogP contribution in [0, 0.1) is 17.4 Å². The molecule has 0 unspecified atom stereocenters. The Morgan fingerprint density at radius 3 is 2.35 bits per heavy atom. The Labute approximate surface area is 168 Å². The molecule has 0 N–H and O–H groups in total. The number of aryl methyl sites for hydroxylation is 2. The van der Waals surface area contributed by atoms with Crippen LogP contribution < -0.4 is 0 Å². The summed E-state index contributed by atoms with van der Waals surface area (Å²) in [5.74, 6) is -0.0488. The van der Waals surface area contributed by atoms with E-state index < -0.39 is 10.0 Å². The summed E-state index contributed by atoms with van der Waals surface area (Å²) in [4.78, 5) is 14.7. The first-order chi connectivity index (χ1) is 12.3. The minimum Gasteiger partial charge on any atom is -0.336 e. The van der Waals surface area contributed by atoms with Crippen LogP contribution in [0.3, 0.4) is 0 Å². The molecule has 5 nitrogen and oxygen atoms in total. The molecule has 0 spiro atoms. The first-order valence-corrected chi connectivity index (χ1v) is 10.9. The van der Waals surface area contributed by atoms with Gasteiger partial charge in [-0.25, -0.2) is 8.42 Å². The van der Waals surface area contributed by atoms with Gasteiger partial charge in [0, 0.05) is 35.3 Å². The Bertz CT molecular complexity index is 936. The average Bonchev–Trinajstić information content (AvgIpc) is 2.63. The molecule has 138 valence electrons. The Balaban J connectivity index is 1.74. The Morgan fingerprint density at radius 2 is 1.69 bits per heavy atom. The second-order valence-electron chi connectivity index (χ2n) is 6.48. The highest BCUT2D eigenvalue weighted by Crippen LogP contribution is 2.23. The molecule has 7 heteroatoms. The summed E-state index contributed by atoms with van der Waals surface area (Å²) in [5, 5.41) is 0. The molecule has 3 rings (SSSR count). The van der Waals surface area contributed by atoms with E-state index in [1.807, 2.05) is 44.2 Å². The van der Waals surface area contributed by atoms with Crippen LogP contribution in [0.5, 0.6) is 0 Å². The number of carbonyl (C=O) groups excluding carboxylic acids is 1. The van der Waals surface area contributed by atoms with Crippen molar-refractivity contribution in [3.63, 3.8) is 0 Å². The molecule has 1 heterocycles. The molecule has 0 atom stereocenters. The molecule has 1 aliphatic rings. The van der Waals surface area contributed by atoms with E-state index in [2.05, 4.69) is 22.6 Å². The van der Waals surface area contributed by atoms with E-state index in [0.717, 1.165) is 14.7 Å². The van der Waals surface area contributed by atoms with Crippen LogP contribution in [-0.2, 0) is 10.0 Å². The van der Waals surface area contributed by atoms with Gasteiger partial charge < -0.3 is 4.90 Å². The van der Waals surface area contributed by atoms with Gasteiger partial charge in [-0.2, -0.15) is 4.31 Å². The molecule has 0 aromatic heterocycles. The largest absolute Gasteiger partial charge is 0.336 e. The van der Waals surface area contributed by atoms with Gasteiger partial charge in [0.25, 0.3) is 5.91 Å². The zero-order valence-corrected chi connectivity index (χ0v) is 17.7. The first kappa shape index (κ1) is 19.3. The molecular formula is C19H21IN2O3S. The number of benzene rings is 2. The van der Waals surface area contributed by atoms with Crippen LogP contribution in [0.15, 0.2) is 47.4 Å². The van der Waals surface area contributed by atoms with Crippen molar-refractivity contribution in [1.82, 2.24) is 9.21 Å². The summed E-state index contributed by atoms with van der Waals surface area (Å²) in [6.07, 6.45) is 0. The van der Waals surface area contributed by atoms with Crippen molar-refractivity contribution in [1.29, 1.82) is 0 Å². The number of sulfonamides is 1. The van der Waals surface area contributed by atoms with Crippen molar-refractivity contribution in [3.05, 3.63) is 62.7 Å². The van der Waals surface area contributed by atoms with Crippen LogP contribution in [0.25, 0.3) is 0 Å². The third-order valence-electron chi connectivity index (χ3n) is 4.56. The van der Waals surface area contributed by atoms with Crippen LogP contribution in [0.4, 0.5) is 0 Å². The van der Waals surface area contributed by atoms with Gasteiger partial charge in [0.05, 0.1) is 4.90 Å². The quantitative estimate of drug-likeness (QED) is 0.630. The predicted octanol–water partition coefficient (Wildman–Crippen LogP) is 3.05. The predicted molar refractivity (Wildman–Crippen MR) is 110 cm³/mol. The van der Waals surface area contributed by atoms with Gasteiger partial charge in [-0.15, -0.1) is 0 Å². The third kappa shape index (κ3) is 3.94. The molecular weight excluding hydrogens is 463 g/mol. The molecule has 0 saturated carbocycles. The van der Waals surface area contributed by atoms with E-state index in [-0.39, 0.29) is 5.91 Å². The molecule has 0 radical (unpaired) electrons. The first-order valence-electron chi connectivity index (χ1n) is 8.41. The van der Waals surface area contributed by atoms with Crippen LogP contribution in [0.1, 0.15) is 21.5 Å². The zero-order valence-electron chi connectivity index (χ0n) is 14.8. The SMILES string of the molecule is Cc1ccc(C)c(S(=O)(=O)N2CCN(C(=O)c3cccc(I)c3)CC2)c1. The van der Waals surface area contributed by atoms with Crippen molar-refractivity contribution < 1.29 is 13.2 Å². The van der Waals surface area contributed by atoms with E-state index in [4.69, 9.17) is 0 Å². The van der Waals surface area contributed by atoms with Crippen molar-refractivity contribution >= 4 is 38.5 Å². The lowest BCUT2D eigenvalue weighted by Gasteiger charge is -2.34. The van der Waals surface area contributed by atoms with Crippen molar-refractivity contribution in [3.8, 4) is 0 Å². The summed E-state index contributed by atoms with van der Waals surface area (Å²) < 4.78 is 28.4. The number of hydrogen-bond acceptors (Lipinski definition) is 3. The number of hydrogen-bond donors (Lipinski definition) is 0. The number of rotatable bonds is 3. The minimum atomic E-state index is -3.54. The second-order valence-corrected chi connectivity index (χ2v) is 9.63. The topological polar surface area (TPSA) is 57.7 Å². The number of halogens is 1. The van der Waals surface area contributed by atoms with Gasteiger partial charge in [-0.05, 0) is 71.8 Å². The van der Waals surface area contributed by atoms with Gasteiger partial charge in [0.2, 0.25) is 10.0 Å². The fourth-order valence-electron chi connectivity index (χ4n) is 3.06. The number of carbonyl (C=O) groups is 1. The average molecular weight is 484 g/mol. The summed E-state index contributed by atoms with van der Waals surface area (Å²) in [6, 6.07) is 12.9. The van der Waals surface area contributed by atoms with E-state index >= 15 is 0 Å². The van der Waals surface area contributed by atoms with E-state index in [0.29, 0.717) is 36.6 Å². The van der Waals surface area contributed by atoms with E-state index in [9.17, 15) is 13.2 Å². The number of piperazine rings is 1. The monoisotopic (exact) mass is 484 g/mol. The lowest BCUT2D eigenvalue weighted by atomic mass is 10.2. The maximum absolute atomic E-state index is 13.0. The molecule has 0 aliphatic carbocycles. The highest BCUT2D eigenvalue weighted by atomic mass is 127. The zero-order chi connectivity index (χ0) is 18.9. The maximum Gasteiger partial charge on any atom is 0.253 e. The highest BCUT2D eigenvalue weighted by molar-refractivity contribution is 14.1. The van der Waals surface area contributed by atoms with Gasteiger partial charge in [-0.1, -0.05) is 18.2 Å². The molecule has 1 saturated heterocycles. The molecule has 2 aromatic carbocycles. The van der Waals surface area contributed by atoms with Gasteiger partial charge in [0.15, 0.2) is 0 Å². The fraction of sp³-hybridized carbons (Fsp3) is 0.316. The van der Waals surface area contributed by atoms with Crippen LogP contribution in [0.2, 0.25) is 0 Å². The van der Waals surface area contributed by atoms with Crippen molar-refractivity contribution in [2.24, 2.45) is 0 Å². The lowest BCUT2D eigenvalue weighted by molar-refractivity contribution is 0.0698. The van der Waals surface area contributed by atoms with Crippen LogP contribution >= 0.6 is 22.6 Å². The fourth-order valence-corrected chi connectivity index (χ4v) is 5.33. The lowest BCUT2D eigenvalue weighted by Crippen LogP contribution is -2.50. The summed E-state index contributed by atoms with van der Waals surface area (Å²) in [7, 11) is -3.54. The van der Waals surface area contributed by atoms with Gasteiger partial charge in [-0.3, -0.25) is 4.79 Å². The molecule has 2 aromatic rings. The van der Waals surface area contributed by atoms with E-state index in [1.165, 1.54) is 4.31 Å². The van der Waals surface area contributed by atoms with E-state index in [1.54, 1.807) is 17.0 Å². The molecule has 1 fully saturated rings. The summed E-state index contributed by atoms with van der Waals surface area (Å²) >= 11 is 2.18. The van der Waals surface area contributed by atoms with Crippen LogP contribution in [-0.4, -0.2) is 49.7 Å². The molecule has 1 aliphatic heterocycles. The third-order valence-corrected chi connectivity index (χ3v) is 7.27. The van der Waals surface area contributed by atoms with Crippen molar-refractivity contribution in [2.45, 2.75) is 18.7 Å². The highest BCUT2D eigenvalue weighted by Gasteiger charge is 2.31. The Morgan fingerprint density at radius 1 is 1.00 bits per heavy atom. The molecule has 1 amide bonds.